The first kappa shape index (κ1) is 17.7. The number of hydrogen-bond donors (Lipinski definition) is 0. The van der Waals surface area contributed by atoms with Crippen LogP contribution >= 0.6 is 0 Å². The molecule has 0 bridgehead atoms. The molecule has 1 heterocycles. The van der Waals surface area contributed by atoms with Crippen molar-refractivity contribution in [3.05, 3.63) is 30.1 Å². The van der Waals surface area contributed by atoms with E-state index in [1.165, 1.54) is 23.3 Å². The van der Waals surface area contributed by atoms with Gasteiger partial charge >= 0.3 is 0 Å². The molecule has 0 aliphatic rings. The molecule has 0 unspecified atom stereocenters. The number of benzene rings is 1. The fraction of sp³-hybridized carbons (Fsp3) is 0.588. The van der Waals surface area contributed by atoms with Crippen molar-refractivity contribution in [2.75, 3.05) is 0 Å². The minimum atomic E-state index is 1.04. The Kier molecular flexibility index (Phi) is 8.94. The van der Waals surface area contributed by atoms with Crippen LogP contribution in [0.1, 0.15) is 53.8 Å². The van der Waals surface area contributed by atoms with E-state index in [1.807, 2.05) is 27.7 Å². The van der Waals surface area contributed by atoms with E-state index in [9.17, 15) is 0 Å². The summed E-state index contributed by atoms with van der Waals surface area (Å²) in [5.41, 5.74) is 2.71. The molecular formula is C17H31N2+. The van der Waals surface area contributed by atoms with Gasteiger partial charge in [0.15, 0.2) is 11.0 Å². The molecule has 1 aromatic heterocycles. The summed E-state index contributed by atoms with van der Waals surface area (Å²) < 4.78 is 4.80. The fourth-order valence-corrected chi connectivity index (χ4v) is 2.32. The number of aryl methyl sites for hydroxylation is 2. The highest BCUT2D eigenvalue weighted by molar-refractivity contribution is 5.72. The third kappa shape index (κ3) is 3.82. The van der Waals surface area contributed by atoms with E-state index < -0.39 is 0 Å². The minimum absolute atomic E-state index is 1.04. The lowest BCUT2D eigenvalue weighted by molar-refractivity contribution is -0.678. The second-order valence-corrected chi connectivity index (χ2v) is 3.93. The first-order valence-electron chi connectivity index (χ1n) is 7.77. The summed E-state index contributed by atoms with van der Waals surface area (Å²) in [5, 5.41) is 0. The van der Waals surface area contributed by atoms with Gasteiger partial charge in [0, 0.05) is 6.92 Å². The summed E-state index contributed by atoms with van der Waals surface area (Å²) in [6, 6.07) is 8.65. The molecule has 0 N–H and O–H groups in total. The normalized spacial score (nSPS) is 9.42. The second kappa shape index (κ2) is 9.60. The number of para-hydroxylation sites is 2. The zero-order valence-corrected chi connectivity index (χ0v) is 13.8. The largest absolute Gasteiger partial charge is 0.254 e. The van der Waals surface area contributed by atoms with Crippen LogP contribution in [0.4, 0.5) is 0 Å². The highest BCUT2D eigenvalue weighted by Crippen LogP contribution is 2.13. The summed E-state index contributed by atoms with van der Waals surface area (Å²) in [5.74, 6) is 1.36. The van der Waals surface area contributed by atoms with Gasteiger partial charge in [-0.1, -0.05) is 46.8 Å². The molecule has 0 spiro atoms. The molecule has 2 aromatic rings. The van der Waals surface area contributed by atoms with Crippen molar-refractivity contribution < 1.29 is 4.57 Å². The Morgan fingerprint density at radius 3 is 2.11 bits per heavy atom. The summed E-state index contributed by atoms with van der Waals surface area (Å²) in [7, 11) is 0. The van der Waals surface area contributed by atoms with Gasteiger partial charge in [-0.15, -0.1) is 0 Å². The summed E-state index contributed by atoms with van der Waals surface area (Å²) in [6.45, 7) is 16.8. The zero-order valence-electron chi connectivity index (χ0n) is 13.8. The van der Waals surface area contributed by atoms with E-state index in [4.69, 9.17) is 0 Å². The molecule has 0 fully saturated rings. The first-order valence-corrected chi connectivity index (χ1v) is 7.77. The van der Waals surface area contributed by atoms with Crippen LogP contribution in [0.25, 0.3) is 11.0 Å². The number of imidazole rings is 1. The maximum Gasteiger partial charge on any atom is 0.254 e. The number of rotatable bonds is 3. The number of hydrogen-bond acceptors (Lipinski definition) is 0. The second-order valence-electron chi connectivity index (χ2n) is 3.93. The Morgan fingerprint density at radius 1 is 1.00 bits per heavy atom. The molecule has 19 heavy (non-hydrogen) atoms. The highest BCUT2D eigenvalue weighted by Gasteiger charge is 2.18. The highest BCUT2D eigenvalue weighted by atomic mass is 15.2. The molecule has 0 radical (unpaired) electrons. The van der Waals surface area contributed by atoms with Crippen LogP contribution in [0.2, 0.25) is 0 Å². The maximum atomic E-state index is 2.42. The van der Waals surface area contributed by atoms with Gasteiger partial charge in [-0.2, -0.15) is 0 Å². The number of nitrogens with zero attached hydrogens (tertiary/aromatic N) is 2. The van der Waals surface area contributed by atoms with Gasteiger partial charge in [-0.3, -0.25) is 0 Å². The van der Waals surface area contributed by atoms with Crippen LogP contribution in [-0.2, 0) is 13.1 Å². The van der Waals surface area contributed by atoms with Gasteiger partial charge < -0.3 is 0 Å². The van der Waals surface area contributed by atoms with E-state index >= 15 is 0 Å². The Hall–Kier alpha value is -1.31. The molecule has 2 heteroatoms. The first-order chi connectivity index (χ1) is 9.29. The summed E-state index contributed by atoms with van der Waals surface area (Å²) in [4.78, 5) is 0. The van der Waals surface area contributed by atoms with E-state index in [0.717, 1.165) is 13.1 Å². The minimum Gasteiger partial charge on any atom is -0.228 e. The molecule has 0 amide bonds. The van der Waals surface area contributed by atoms with Gasteiger partial charge in [0.1, 0.15) is 0 Å². The van der Waals surface area contributed by atoms with E-state index in [1.54, 1.807) is 0 Å². The van der Waals surface area contributed by atoms with Gasteiger partial charge in [-0.25, -0.2) is 9.13 Å². The van der Waals surface area contributed by atoms with E-state index in [2.05, 4.69) is 54.2 Å². The lowest BCUT2D eigenvalue weighted by atomic mass is 10.3. The van der Waals surface area contributed by atoms with Crippen LogP contribution in [0.3, 0.4) is 0 Å². The molecule has 2 rings (SSSR count). The van der Waals surface area contributed by atoms with Crippen LogP contribution in [0, 0.1) is 6.92 Å². The van der Waals surface area contributed by atoms with E-state index in [0.29, 0.717) is 0 Å². The van der Waals surface area contributed by atoms with Crippen molar-refractivity contribution in [3.63, 3.8) is 0 Å². The number of fused-ring (bicyclic) bond motifs is 1. The van der Waals surface area contributed by atoms with Gasteiger partial charge in [0.25, 0.3) is 5.82 Å². The predicted molar refractivity (Wildman–Crippen MR) is 85.5 cm³/mol. The van der Waals surface area contributed by atoms with Crippen LogP contribution in [0.15, 0.2) is 24.3 Å². The molecular weight excluding hydrogens is 232 g/mol. The standard InChI is InChI=1S/C13H19N2.2C2H6/c1-4-10-15-11(3)14(5-2)12-8-6-7-9-13(12)15;2*1-2/h6-9H,4-5,10H2,1-3H3;2*1-2H3/q+1;;. The van der Waals surface area contributed by atoms with Crippen molar-refractivity contribution in [3.8, 4) is 0 Å². The Morgan fingerprint density at radius 2 is 1.58 bits per heavy atom. The molecule has 0 saturated heterocycles. The molecule has 1 aromatic carbocycles. The monoisotopic (exact) mass is 263 g/mol. The third-order valence-electron chi connectivity index (χ3n) is 3.01. The van der Waals surface area contributed by atoms with Gasteiger partial charge in [0.05, 0.1) is 13.1 Å². The lowest BCUT2D eigenvalue weighted by Crippen LogP contribution is -2.36. The molecule has 108 valence electrons. The average Bonchev–Trinajstić information content (AvgIpc) is 2.76. The predicted octanol–water partition coefficient (Wildman–Crippen LogP) is 4.72. The smallest absolute Gasteiger partial charge is 0.228 e. The van der Waals surface area contributed by atoms with Crippen LogP contribution in [0.5, 0.6) is 0 Å². The molecule has 2 nitrogen and oxygen atoms in total. The molecule has 0 aliphatic carbocycles. The quantitative estimate of drug-likeness (QED) is 0.709. The van der Waals surface area contributed by atoms with Crippen molar-refractivity contribution in [1.82, 2.24) is 4.57 Å². The van der Waals surface area contributed by atoms with Crippen molar-refractivity contribution in [2.24, 2.45) is 0 Å². The third-order valence-corrected chi connectivity index (χ3v) is 3.01. The Bertz CT molecular complexity index is 469. The fourth-order valence-electron chi connectivity index (χ4n) is 2.32. The zero-order chi connectivity index (χ0) is 14.8. The van der Waals surface area contributed by atoms with Crippen molar-refractivity contribution >= 4 is 11.0 Å². The van der Waals surface area contributed by atoms with E-state index in [-0.39, 0.29) is 0 Å². The Labute approximate surface area is 119 Å². The Balaban J connectivity index is 0.000000741. The topological polar surface area (TPSA) is 8.81 Å². The maximum absolute atomic E-state index is 2.42. The average molecular weight is 263 g/mol. The van der Waals surface area contributed by atoms with Crippen molar-refractivity contribution in [1.29, 1.82) is 0 Å². The lowest BCUT2D eigenvalue weighted by Gasteiger charge is -1.96. The summed E-state index contributed by atoms with van der Waals surface area (Å²) in [6.07, 6.45) is 1.18. The number of aromatic nitrogens is 2. The van der Waals surface area contributed by atoms with Gasteiger partial charge in [-0.05, 0) is 25.5 Å². The molecule has 0 saturated carbocycles. The summed E-state index contributed by atoms with van der Waals surface area (Å²) >= 11 is 0. The van der Waals surface area contributed by atoms with Crippen LogP contribution < -0.4 is 4.57 Å². The van der Waals surface area contributed by atoms with Gasteiger partial charge in [0.2, 0.25) is 0 Å². The SMILES string of the molecule is CC.CC.CCC[n+]1c(C)n(CC)c2ccccc21. The molecule has 0 atom stereocenters. The van der Waals surface area contributed by atoms with Crippen molar-refractivity contribution in [2.45, 2.75) is 68.0 Å². The van der Waals surface area contributed by atoms with Crippen LogP contribution in [-0.4, -0.2) is 4.57 Å². The molecule has 0 aliphatic heterocycles.